The van der Waals surface area contributed by atoms with Crippen LogP contribution in [0.25, 0.3) is 0 Å². The molecule has 0 bridgehead atoms. The number of aliphatic hydroxyl groups is 1. The molecule has 1 aliphatic heterocycles. The van der Waals surface area contributed by atoms with Crippen molar-refractivity contribution in [3.8, 4) is 0 Å². The van der Waals surface area contributed by atoms with Crippen LogP contribution in [-0.2, 0) is 9.57 Å². The molecule has 1 aromatic rings. The third kappa shape index (κ3) is 6.63. The quantitative estimate of drug-likeness (QED) is 0.484. The smallest absolute Gasteiger partial charge is 0.145 e. The number of nitrogens with zero attached hydrogens (tertiary/aromatic N) is 2. The summed E-state index contributed by atoms with van der Waals surface area (Å²) in [6, 6.07) is 7.57. The van der Waals surface area contributed by atoms with Crippen molar-refractivity contribution in [2.75, 3.05) is 32.8 Å². The number of hydrogen-bond acceptors (Lipinski definition) is 5. The Bertz CT molecular complexity index is 589. The molecule has 0 aliphatic carbocycles. The van der Waals surface area contributed by atoms with Crippen LogP contribution < -0.4 is 0 Å². The summed E-state index contributed by atoms with van der Waals surface area (Å²) in [6.07, 6.45) is 3.58. The minimum Gasteiger partial charge on any atom is -0.390 e. The maximum Gasteiger partial charge on any atom is 0.145 e. The van der Waals surface area contributed by atoms with Crippen LogP contribution in [0, 0.1) is 0 Å². The van der Waals surface area contributed by atoms with Gasteiger partial charge in [0.1, 0.15) is 6.10 Å². The van der Waals surface area contributed by atoms with Gasteiger partial charge in [-0.15, -0.1) is 13.2 Å². The highest BCUT2D eigenvalue weighted by Crippen LogP contribution is 2.19. The van der Waals surface area contributed by atoms with Gasteiger partial charge in [0.05, 0.1) is 25.0 Å². The number of oxime groups is 1. The number of hydrogen-bond donors (Lipinski definition) is 1. The Labute approximate surface area is 154 Å². The molecule has 25 heavy (non-hydrogen) atoms. The number of ether oxygens (including phenoxy) is 1. The molecule has 5 nitrogen and oxygen atoms in total. The van der Waals surface area contributed by atoms with Gasteiger partial charge in [0.15, 0.2) is 0 Å². The van der Waals surface area contributed by atoms with Gasteiger partial charge < -0.3 is 14.7 Å². The van der Waals surface area contributed by atoms with Gasteiger partial charge in [0.2, 0.25) is 0 Å². The molecule has 0 fully saturated rings. The van der Waals surface area contributed by atoms with Gasteiger partial charge in [0, 0.05) is 31.1 Å². The molecular weight excluding hydrogens is 340 g/mol. The third-order valence-electron chi connectivity index (χ3n) is 3.77. The average Bonchev–Trinajstić information content (AvgIpc) is 3.04. The van der Waals surface area contributed by atoms with Crippen LogP contribution >= 0.6 is 11.6 Å². The van der Waals surface area contributed by atoms with Crippen molar-refractivity contribution in [3.05, 3.63) is 60.2 Å². The molecule has 0 amide bonds. The standard InChI is InChI=1S/C19H25ClN2O3/c1-3-9-22(12-17(23)14-24-10-4-2)13-18-11-19(21-25-18)15-5-7-16(20)8-6-15/h3-8,17-18,23H,1-2,9-14H2/t17-,18+/m0/s1. The Morgan fingerprint density at radius 3 is 2.80 bits per heavy atom. The van der Waals surface area contributed by atoms with Gasteiger partial charge in [-0.25, -0.2) is 0 Å². The number of benzene rings is 1. The lowest BCUT2D eigenvalue weighted by atomic mass is 10.0. The molecule has 136 valence electrons. The summed E-state index contributed by atoms with van der Waals surface area (Å²) < 4.78 is 5.29. The molecule has 0 spiro atoms. The fourth-order valence-electron chi connectivity index (χ4n) is 2.67. The summed E-state index contributed by atoms with van der Waals surface area (Å²) in [7, 11) is 0. The Hall–Kier alpha value is -1.66. The van der Waals surface area contributed by atoms with E-state index in [2.05, 4.69) is 23.2 Å². The van der Waals surface area contributed by atoms with Gasteiger partial charge >= 0.3 is 0 Å². The zero-order valence-electron chi connectivity index (χ0n) is 14.3. The highest BCUT2D eigenvalue weighted by atomic mass is 35.5. The van der Waals surface area contributed by atoms with Crippen molar-refractivity contribution in [2.45, 2.75) is 18.6 Å². The van der Waals surface area contributed by atoms with Gasteiger partial charge in [-0.3, -0.25) is 4.90 Å². The molecule has 6 heteroatoms. The fraction of sp³-hybridized carbons (Fsp3) is 0.421. The predicted molar refractivity (Wildman–Crippen MR) is 101 cm³/mol. The molecule has 1 aromatic carbocycles. The van der Waals surface area contributed by atoms with E-state index in [4.69, 9.17) is 21.2 Å². The highest BCUT2D eigenvalue weighted by Gasteiger charge is 2.25. The highest BCUT2D eigenvalue weighted by molar-refractivity contribution is 6.30. The van der Waals surface area contributed by atoms with Crippen molar-refractivity contribution in [1.82, 2.24) is 4.90 Å². The SMILES string of the molecule is C=CCOC[C@@H](O)CN(CC=C)C[C@H]1CC(c2ccc(Cl)cc2)=NO1. The average molecular weight is 365 g/mol. The first-order chi connectivity index (χ1) is 12.1. The van der Waals surface area contributed by atoms with E-state index in [0.717, 1.165) is 17.7 Å². The Balaban J connectivity index is 1.83. The second-order valence-electron chi connectivity index (χ2n) is 5.96. The first-order valence-corrected chi connectivity index (χ1v) is 8.68. The van der Waals surface area contributed by atoms with E-state index in [0.29, 0.717) is 31.3 Å². The molecule has 2 rings (SSSR count). The summed E-state index contributed by atoms with van der Waals surface area (Å²) in [4.78, 5) is 7.64. The first-order valence-electron chi connectivity index (χ1n) is 8.31. The van der Waals surface area contributed by atoms with Gasteiger partial charge in [-0.05, 0) is 17.7 Å². The summed E-state index contributed by atoms with van der Waals surface area (Å²) in [5.74, 6) is 0. The van der Waals surface area contributed by atoms with Gasteiger partial charge in [-0.2, -0.15) is 0 Å². The first kappa shape index (κ1) is 19.7. The second-order valence-corrected chi connectivity index (χ2v) is 6.40. The van der Waals surface area contributed by atoms with Crippen molar-refractivity contribution >= 4 is 17.3 Å². The maximum absolute atomic E-state index is 10.1. The van der Waals surface area contributed by atoms with Crippen LogP contribution in [0.1, 0.15) is 12.0 Å². The molecule has 0 saturated carbocycles. The van der Waals surface area contributed by atoms with Gasteiger partial charge in [-0.1, -0.05) is 41.0 Å². The molecular formula is C19H25ClN2O3. The number of halogens is 1. The molecule has 0 radical (unpaired) electrons. The Morgan fingerprint density at radius 1 is 1.36 bits per heavy atom. The lowest BCUT2D eigenvalue weighted by Crippen LogP contribution is -2.39. The van der Waals surface area contributed by atoms with Crippen LogP contribution in [0.3, 0.4) is 0 Å². The van der Waals surface area contributed by atoms with E-state index in [1.165, 1.54) is 0 Å². The number of aliphatic hydroxyl groups excluding tert-OH is 1. The van der Waals surface area contributed by atoms with Crippen molar-refractivity contribution in [1.29, 1.82) is 0 Å². The summed E-state index contributed by atoms with van der Waals surface area (Å²) >= 11 is 5.92. The monoisotopic (exact) mass is 364 g/mol. The van der Waals surface area contributed by atoms with Crippen molar-refractivity contribution in [2.24, 2.45) is 5.16 Å². The maximum atomic E-state index is 10.1. The zero-order chi connectivity index (χ0) is 18.1. The normalized spacial score (nSPS) is 17.9. The summed E-state index contributed by atoms with van der Waals surface area (Å²) in [6.45, 7) is 9.88. The summed E-state index contributed by atoms with van der Waals surface area (Å²) in [5.41, 5.74) is 1.93. The van der Waals surface area contributed by atoms with E-state index in [9.17, 15) is 5.11 Å². The Kier molecular flexibility index (Phi) is 8.15. The molecule has 1 heterocycles. The van der Waals surface area contributed by atoms with Crippen LogP contribution in [0.5, 0.6) is 0 Å². The van der Waals surface area contributed by atoms with Crippen molar-refractivity contribution in [3.63, 3.8) is 0 Å². The van der Waals surface area contributed by atoms with E-state index in [-0.39, 0.29) is 12.7 Å². The minimum atomic E-state index is -0.571. The van der Waals surface area contributed by atoms with E-state index < -0.39 is 6.10 Å². The second kappa shape index (κ2) is 10.4. The lowest BCUT2D eigenvalue weighted by molar-refractivity contribution is 0.00895. The van der Waals surface area contributed by atoms with Crippen LogP contribution in [0.15, 0.2) is 54.7 Å². The topological polar surface area (TPSA) is 54.3 Å². The largest absolute Gasteiger partial charge is 0.390 e. The predicted octanol–water partition coefficient (Wildman–Crippen LogP) is 2.88. The van der Waals surface area contributed by atoms with Gasteiger partial charge in [0.25, 0.3) is 0 Å². The molecule has 2 atom stereocenters. The van der Waals surface area contributed by atoms with E-state index in [1.807, 2.05) is 30.3 Å². The molecule has 1 N–H and O–H groups in total. The van der Waals surface area contributed by atoms with E-state index >= 15 is 0 Å². The third-order valence-corrected chi connectivity index (χ3v) is 4.03. The Morgan fingerprint density at radius 2 is 2.12 bits per heavy atom. The van der Waals surface area contributed by atoms with Crippen LogP contribution in [0.2, 0.25) is 5.02 Å². The zero-order valence-corrected chi connectivity index (χ0v) is 15.1. The van der Waals surface area contributed by atoms with Crippen LogP contribution in [0.4, 0.5) is 0 Å². The lowest BCUT2D eigenvalue weighted by Gasteiger charge is -2.25. The summed E-state index contributed by atoms with van der Waals surface area (Å²) in [5, 5.41) is 15.0. The molecule has 1 aliphatic rings. The van der Waals surface area contributed by atoms with Crippen molar-refractivity contribution < 1.29 is 14.7 Å². The van der Waals surface area contributed by atoms with E-state index in [1.54, 1.807) is 6.08 Å². The fourth-order valence-corrected chi connectivity index (χ4v) is 2.80. The molecule has 0 aromatic heterocycles. The number of rotatable bonds is 11. The molecule has 0 saturated heterocycles. The molecule has 0 unspecified atom stereocenters. The minimum absolute atomic E-state index is 0.0491. The van der Waals surface area contributed by atoms with Crippen LogP contribution in [-0.4, -0.2) is 60.8 Å².